The summed E-state index contributed by atoms with van der Waals surface area (Å²) in [6.07, 6.45) is 3.75. The summed E-state index contributed by atoms with van der Waals surface area (Å²) in [6, 6.07) is 9.46. The SMILES string of the molecule is CCC(c1cccc(Cl)c1)N(CC)CC1CCCN1. The first-order valence-electron chi connectivity index (χ1n) is 7.47. The summed E-state index contributed by atoms with van der Waals surface area (Å²) in [6.45, 7) is 7.92. The van der Waals surface area contributed by atoms with Crippen molar-refractivity contribution in [1.82, 2.24) is 10.2 Å². The van der Waals surface area contributed by atoms with Crippen LogP contribution in [0.5, 0.6) is 0 Å². The van der Waals surface area contributed by atoms with Crippen molar-refractivity contribution in [3.8, 4) is 0 Å². The van der Waals surface area contributed by atoms with Crippen LogP contribution in [0.15, 0.2) is 24.3 Å². The van der Waals surface area contributed by atoms with Gasteiger partial charge in [0.2, 0.25) is 0 Å². The molecule has 1 saturated heterocycles. The molecule has 0 radical (unpaired) electrons. The molecular weight excluding hydrogens is 256 g/mol. The molecule has 0 aliphatic carbocycles. The topological polar surface area (TPSA) is 15.3 Å². The average Bonchev–Trinajstić information content (AvgIpc) is 2.91. The van der Waals surface area contributed by atoms with E-state index in [4.69, 9.17) is 11.6 Å². The van der Waals surface area contributed by atoms with Crippen molar-refractivity contribution in [3.63, 3.8) is 0 Å². The summed E-state index contributed by atoms with van der Waals surface area (Å²) < 4.78 is 0. The van der Waals surface area contributed by atoms with Gasteiger partial charge in [0.15, 0.2) is 0 Å². The standard InChI is InChI=1S/C16H25ClN2/c1-3-16(13-7-5-8-14(17)11-13)19(4-2)12-15-9-6-10-18-15/h5,7-8,11,15-16,18H,3-4,6,9-10,12H2,1-2H3. The minimum atomic E-state index is 0.478. The number of nitrogens with zero attached hydrogens (tertiary/aromatic N) is 1. The Balaban J connectivity index is 2.08. The minimum absolute atomic E-state index is 0.478. The molecule has 1 N–H and O–H groups in total. The zero-order chi connectivity index (χ0) is 13.7. The zero-order valence-corrected chi connectivity index (χ0v) is 12.8. The van der Waals surface area contributed by atoms with Gasteiger partial charge >= 0.3 is 0 Å². The van der Waals surface area contributed by atoms with Crippen molar-refractivity contribution in [2.45, 2.75) is 45.2 Å². The van der Waals surface area contributed by atoms with E-state index >= 15 is 0 Å². The summed E-state index contributed by atoms with van der Waals surface area (Å²) in [5.74, 6) is 0. The second-order valence-corrected chi connectivity index (χ2v) is 5.80. The van der Waals surface area contributed by atoms with Gasteiger partial charge in [-0.25, -0.2) is 0 Å². The van der Waals surface area contributed by atoms with Crippen LogP contribution in [0.25, 0.3) is 0 Å². The van der Waals surface area contributed by atoms with E-state index in [0.717, 1.165) is 24.5 Å². The molecule has 19 heavy (non-hydrogen) atoms. The number of hydrogen-bond donors (Lipinski definition) is 1. The fraction of sp³-hybridized carbons (Fsp3) is 0.625. The molecule has 1 fully saturated rings. The summed E-state index contributed by atoms with van der Waals surface area (Å²) in [5.41, 5.74) is 1.34. The van der Waals surface area contributed by atoms with Crippen molar-refractivity contribution in [1.29, 1.82) is 0 Å². The molecule has 1 heterocycles. The highest BCUT2D eigenvalue weighted by Gasteiger charge is 2.22. The molecule has 106 valence electrons. The number of likely N-dealkylation sites (N-methyl/N-ethyl adjacent to an activating group) is 1. The third-order valence-corrected chi connectivity index (χ3v) is 4.32. The van der Waals surface area contributed by atoms with E-state index in [2.05, 4.69) is 42.3 Å². The van der Waals surface area contributed by atoms with Crippen LogP contribution in [-0.4, -0.2) is 30.6 Å². The van der Waals surface area contributed by atoms with E-state index in [1.54, 1.807) is 0 Å². The zero-order valence-electron chi connectivity index (χ0n) is 12.0. The van der Waals surface area contributed by atoms with E-state index in [9.17, 15) is 0 Å². The fourth-order valence-corrected chi connectivity index (χ4v) is 3.29. The van der Waals surface area contributed by atoms with Crippen LogP contribution in [0, 0.1) is 0 Å². The van der Waals surface area contributed by atoms with Gasteiger partial charge < -0.3 is 5.32 Å². The van der Waals surface area contributed by atoms with Crippen LogP contribution in [-0.2, 0) is 0 Å². The minimum Gasteiger partial charge on any atom is -0.313 e. The fourth-order valence-electron chi connectivity index (χ4n) is 3.09. The van der Waals surface area contributed by atoms with Gasteiger partial charge in [-0.15, -0.1) is 0 Å². The van der Waals surface area contributed by atoms with Crippen LogP contribution in [0.4, 0.5) is 0 Å². The van der Waals surface area contributed by atoms with Gasteiger partial charge in [-0.3, -0.25) is 4.90 Å². The van der Waals surface area contributed by atoms with Gasteiger partial charge in [-0.2, -0.15) is 0 Å². The molecule has 2 unspecified atom stereocenters. The molecule has 2 atom stereocenters. The van der Waals surface area contributed by atoms with Gasteiger partial charge in [0.25, 0.3) is 0 Å². The normalized spacial score (nSPS) is 20.9. The van der Waals surface area contributed by atoms with Gasteiger partial charge in [0.05, 0.1) is 0 Å². The number of rotatable bonds is 6. The lowest BCUT2D eigenvalue weighted by Crippen LogP contribution is -2.39. The monoisotopic (exact) mass is 280 g/mol. The lowest BCUT2D eigenvalue weighted by molar-refractivity contribution is 0.185. The maximum atomic E-state index is 6.13. The highest BCUT2D eigenvalue weighted by atomic mass is 35.5. The second kappa shape index (κ2) is 7.28. The largest absolute Gasteiger partial charge is 0.313 e. The molecule has 0 bridgehead atoms. The Hall–Kier alpha value is -0.570. The number of benzene rings is 1. The molecule has 1 aliphatic rings. The molecule has 0 aromatic heterocycles. The van der Waals surface area contributed by atoms with Crippen LogP contribution < -0.4 is 5.32 Å². The number of nitrogens with one attached hydrogen (secondary N) is 1. The van der Waals surface area contributed by atoms with Crippen LogP contribution in [0.2, 0.25) is 5.02 Å². The van der Waals surface area contributed by atoms with Crippen LogP contribution >= 0.6 is 11.6 Å². The second-order valence-electron chi connectivity index (χ2n) is 5.36. The molecule has 1 aliphatic heterocycles. The Labute approximate surface area is 122 Å². The van der Waals surface area contributed by atoms with Gasteiger partial charge in [0, 0.05) is 23.7 Å². The van der Waals surface area contributed by atoms with E-state index < -0.39 is 0 Å². The highest BCUT2D eigenvalue weighted by Crippen LogP contribution is 2.27. The molecule has 0 spiro atoms. The van der Waals surface area contributed by atoms with Crippen molar-refractivity contribution in [3.05, 3.63) is 34.9 Å². The summed E-state index contributed by atoms with van der Waals surface area (Å²) in [5, 5.41) is 4.43. The molecule has 2 rings (SSSR count). The predicted octanol–water partition coefficient (Wildman–Crippen LogP) is 3.87. The highest BCUT2D eigenvalue weighted by molar-refractivity contribution is 6.30. The Bertz CT molecular complexity index is 388. The maximum absolute atomic E-state index is 6.13. The first-order chi connectivity index (χ1) is 9.24. The van der Waals surface area contributed by atoms with E-state index in [0.29, 0.717) is 12.1 Å². The quantitative estimate of drug-likeness (QED) is 0.851. The number of halogens is 1. The van der Waals surface area contributed by atoms with Crippen molar-refractivity contribution in [2.24, 2.45) is 0 Å². The predicted molar refractivity (Wildman–Crippen MR) is 82.8 cm³/mol. The third-order valence-electron chi connectivity index (χ3n) is 4.08. The molecule has 0 saturated carbocycles. The first-order valence-corrected chi connectivity index (χ1v) is 7.85. The van der Waals surface area contributed by atoms with Crippen molar-refractivity contribution >= 4 is 11.6 Å². The third kappa shape index (κ3) is 3.95. The summed E-state index contributed by atoms with van der Waals surface area (Å²) in [4.78, 5) is 2.58. The Kier molecular flexibility index (Phi) is 5.68. The lowest BCUT2D eigenvalue weighted by atomic mass is 10.0. The van der Waals surface area contributed by atoms with Gasteiger partial charge in [-0.05, 0) is 50.0 Å². The summed E-state index contributed by atoms with van der Waals surface area (Å²) in [7, 11) is 0. The molecule has 1 aromatic rings. The molecule has 3 heteroatoms. The van der Waals surface area contributed by atoms with Crippen LogP contribution in [0.1, 0.15) is 44.7 Å². The molecule has 2 nitrogen and oxygen atoms in total. The summed E-state index contributed by atoms with van der Waals surface area (Å²) >= 11 is 6.13. The van der Waals surface area contributed by atoms with Crippen LogP contribution in [0.3, 0.4) is 0 Å². The first kappa shape index (κ1) is 14.8. The van der Waals surface area contributed by atoms with Gasteiger partial charge in [-0.1, -0.05) is 37.6 Å². The molecular formula is C16H25ClN2. The Morgan fingerprint density at radius 3 is 2.84 bits per heavy atom. The van der Waals surface area contributed by atoms with E-state index in [-0.39, 0.29) is 0 Å². The van der Waals surface area contributed by atoms with E-state index in [1.807, 2.05) is 6.07 Å². The molecule has 0 amide bonds. The Morgan fingerprint density at radius 1 is 1.42 bits per heavy atom. The maximum Gasteiger partial charge on any atom is 0.0409 e. The smallest absolute Gasteiger partial charge is 0.0409 e. The van der Waals surface area contributed by atoms with Crippen molar-refractivity contribution in [2.75, 3.05) is 19.6 Å². The average molecular weight is 281 g/mol. The molecule has 1 aromatic carbocycles. The van der Waals surface area contributed by atoms with E-state index in [1.165, 1.54) is 24.9 Å². The Morgan fingerprint density at radius 2 is 2.26 bits per heavy atom. The lowest BCUT2D eigenvalue weighted by Gasteiger charge is -2.32. The number of hydrogen-bond acceptors (Lipinski definition) is 2. The van der Waals surface area contributed by atoms with Gasteiger partial charge in [0.1, 0.15) is 0 Å². The van der Waals surface area contributed by atoms with Crippen molar-refractivity contribution < 1.29 is 0 Å².